The highest BCUT2D eigenvalue weighted by atomic mass is 15.1. The summed E-state index contributed by atoms with van der Waals surface area (Å²) in [4.78, 5) is 2.44. The lowest BCUT2D eigenvalue weighted by molar-refractivity contribution is 0.331. The molecule has 138 valence electrons. The van der Waals surface area contributed by atoms with Crippen LogP contribution in [-0.2, 0) is 13.0 Å². The molecule has 4 nitrogen and oxygen atoms in total. The first kappa shape index (κ1) is 17.3. The van der Waals surface area contributed by atoms with Gasteiger partial charge in [-0.25, -0.2) is 0 Å². The Morgan fingerprint density at radius 1 is 1.19 bits per heavy atom. The van der Waals surface area contributed by atoms with Crippen LogP contribution >= 0.6 is 0 Å². The third kappa shape index (κ3) is 3.30. The highest BCUT2D eigenvalue weighted by molar-refractivity contribution is 5.84. The minimum absolute atomic E-state index is 0.690. The van der Waals surface area contributed by atoms with Gasteiger partial charge < -0.3 is 9.47 Å². The number of benzene rings is 1. The number of likely N-dealkylation sites (N-methyl/N-ethyl adjacent to an activating group) is 1. The fraction of sp³-hybridized carbons (Fsp3) is 0.500. The van der Waals surface area contributed by atoms with E-state index in [0.717, 1.165) is 25.2 Å². The van der Waals surface area contributed by atoms with Gasteiger partial charge in [0, 0.05) is 41.9 Å². The lowest BCUT2D eigenvalue weighted by Crippen LogP contribution is -2.21. The van der Waals surface area contributed by atoms with Crippen LogP contribution in [0.2, 0.25) is 0 Å². The molecule has 0 radical (unpaired) electrons. The Morgan fingerprint density at radius 2 is 1.96 bits per heavy atom. The van der Waals surface area contributed by atoms with Crippen LogP contribution in [0.4, 0.5) is 0 Å². The fourth-order valence-electron chi connectivity index (χ4n) is 4.50. The van der Waals surface area contributed by atoms with Crippen molar-refractivity contribution in [2.75, 3.05) is 13.6 Å². The zero-order chi connectivity index (χ0) is 18.1. The maximum absolute atomic E-state index is 4.32. The number of aryl methyl sites for hydroxylation is 2. The highest BCUT2D eigenvalue weighted by Gasteiger charge is 2.20. The molecule has 0 aliphatic heterocycles. The van der Waals surface area contributed by atoms with Crippen molar-refractivity contribution in [1.29, 1.82) is 0 Å². The molecule has 26 heavy (non-hydrogen) atoms. The normalized spacial score (nSPS) is 15.5. The van der Waals surface area contributed by atoms with Gasteiger partial charge in [-0.1, -0.05) is 31.0 Å². The second-order valence-electron chi connectivity index (χ2n) is 7.92. The molecule has 0 amide bonds. The van der Waals surface area contributed by atoms with Gasteiger partial charge in [0.1, 0.15) is 0 Å². The van der Waals surface area contributed by atoms with Crippen LogP contribution in [0.25, 0.3) is 10.9 Å². The molecular formula is C22H30N4. The van der Waals surface area contributed by atoms with E-state index in [-0.39, 0.29) is 0 Å². The Balaban J connectivity index is 1.51. The molecule has 0 bridgehead atoms. The van der Waals surface area contributed by atoms with E-state index < -0.39 is 0 Å². The Kier molecular flexibility index (Phi) is 4.86. The van der Waals surface area contributed by atoms with Crippen LogP contribution in [0.1, 0.15) is 54.2 Å². The maximum Gasteiger partial charge on any atom is 0.0626 e. The molecule has 1 aliphatic carbocycles. The van der Waals surface area contributed by atoms with Crippen molar-refractivity contribution in [3.63, 3.8) is 0 Å². The van der Waals surface area contributed by atoms with Crippen molar-refractivity contribution in [1.82, 2.24) is 19.7 Å². The zero-order valence-electron chi connectivity index (χ0n) is 16.3. The van der Waals surface area contributed by atoms with Gasteiger partial charge in [0.25, 0.3) is 0 Å². The average molecular weight is 351 g/mol. The minimum atomic E-state index is 0.690. The third-order valence-corrected chi connectivity index (χ3v) is 6.01. The molecule has 4 rings (SSSR count). The Morgan fingerprint density at radius 3 is 2.69 bits per heavy atom. The van der Waals surface area contributed by atoms with Crippen LogP contribution < -0.4 is 0 Å². The number of fused-ring (bicyclic) bond motifs is 1. The number of hydrogen-bond donors (Lipinski definition) is 1. The highest BCUT2D eigenvalue weighted by Crippen LogP contribution is 2.34. The molecule has 1 saturated carbocycles. The van der Waals surface area contributed by atoms with Gasteiger partial charge in [-0.3, -0.25) is 5.10 Å². The number of para-hydroxylation sites is 1. The van der Waals surface area contributed by atoms with Crippen LogP contribution in [0, 0.1) is 13.8 Å². The van der Waals surface area contributed by atoms with Crippen molar-refractivity contribution in [2.24, 2.45) is 0 Å². The van der Waals surface area contributed by atoms with E-state index in [4.69, 9.17) is 0 Å². The molecule has 0 spiro atoms. The topological polar surface area (TPSA) is 36.9 Å². The van der Waals surface area contributed by atoms with Crippen molar-refractivity contribution in [3.05, 3.63) is 53.0 Å². The molecule has 1 fully saturated rings. The van der Waals surface area contributed by atoms with Gasteiger partial charge in [-0.2, -0.15) is 5.10 Å². The maximum atomic E-state index is 4.32. The molecule has 4 heteroatoms. The minimum Gasteiger partial charge on any atom is -0.344 e. The SMILES string of the molecule is Cc1n[nH]c(C)c1CCN(C)Cc1cn(C2CCCC2)c2ccccc12. The standard InChI is InChI=1S/C22H30N4/c1-16-20(17(2)24-23-16)12-13-25(3)14-18-15-26(19-8-4-5-9-19)22-11-7-6-10-21(18)22/h6-7,10-11,15,19H,4-5,8-9,12-14H2,1-3H3,(H,23,24). The van der Waals surface area contributed by atoms with E-state index in [9.17, 15) is 0 Å². The Bertz CT molecular complexity index is 863. The second kappa shape index (κ2) is 7.28. The molecule has 3 aromatic rings. The molecule has 0 unspecified atom stereocenters. The first-order valence-electron chi connectivity index (χ1n) is 9.91. The first-order chi connectivity index (χ1) is 12.6. The van der Waals surface area contributed by atoms with E-state index in [1.165, 1.54) is 53.4 Å². The molecule has 1 aromatic carbocycles. The number of aromatic nitrogens is 3. The fourth-order valence-corrected chi connectivity index (χ4v) is 4.50. The monoisotopic (exact) mass is 350 g/mol. The largest absolute Gasteiger partial charge is 0.344 e. The molecule has 0 saturated heterocycles. The number of nitrogens with one attached hydrogen (secondary N) is 1. The molecule has 0 atom stereocenters. The molecule has 2 heterocycles. The summed E-state index contributed by atoms with van der Waals surface area (Å²) in [5.41, 5.74) is 6.56. The van der Waals surface area contributed by atoms with Crippen LogP contribution in [0.3, 0.4) is 0 Å². The Hall–Kier alpha value is -2.07. The zero-order valence-corrected chi connectivity index (χ0v) is 16.3. The summed E-state index contributed by atoms with van der Waals surface area (Å²) in [6.07, 6.45) is 8.86. The van der Waals surface area contributed by atoms with Gasteiger partial charge >= 0.3 is 0 Å². The van der Waals surface area contributed by atoms with Gasteiger partial charge in [0.15, 0.2) is 0 Å². The summed E-state index contributed by atoms with van der Waals surface area (Å²) in [6.45, 7) is 6.25. The summed E-state index contributed by atoms with van der Waals surface area (Å²) < 4.78 is 2.55. The van der Waals surface area contributed by atoms with Crippen molar-refractivity contribution in [3.8, 4) is 0 Å². The quantitative estimate of drug-likeness (QED) is 0.695. The second-order valence-corrected chi connectivity index (χ2v) is 7.92. The van der Waals surface area contributed by atoms with Gasteiger partial charge in [0.05, 0.1) is 5.69 Å². The smallest absolute Gasteiger partial charge is 0.0626 e. The van der Waals surface area contributed by atoms with E-state index in [2.05, 4.69) is 71.0 Å². The summed E-state index contributed by atoms with van der Waals surface area (Å²) in [6, 6.07) is 9.61. The van der Waals surface area contributed by atoms with Crippen molar-refractivity contribution < 1.29 is 0 Å². The van der Waals surface area contributed by atoms with Crippen LogP contribution in [0.5, 0.6) is 0 Å². The number of nitrogens with zero attached hydrogens (tertiary/aromatic N) is 3. The van der Waals surface area contributed by atoms with Crippen LogP contribution in [0.15, 0.2) is 30.5 Å². The number of aromatic amines is 1. The van der Waals surface area contributed by atoms with Gasteiger partial charge in [-0.15, -0.1) is 0 Å². The van der Waals surface area contributed by atoms with E-state index in [1.807, 2.05) is 0 Å². The molecule has 1 N–H and O–H groups in total. The summed E-state index contributed by atoms with van der Waals surface area (Å²) in [5.74, 6) is 0. The summed E-state index contributed by atoms with van der Waals surface area (Å²) >= 11 is 0. The van der Waals surface area contributed by atoms with E-state index in [1.54, 1.807) is 0 Å². The van der Waals surface area contributed by atoms with E-state index >= 15 is 0 Å². The number of hydrogen-bond acceptors (Lipinski definition) is 2. The molecule has 1 aliphatic rings. The third-order valence-electron chi connectivity index (χ3n) is 6.01. The van der Waals surface area contributed by atoms with Crippen LogP contribution in [-0.4, -0.2) is 33.3 Å². The van der Waals surface area contributed by atoms with Gasteiger partial charge in [-0.05, 0) is 57.4 Å². The first-order valence-corrected chi connectivity index (χ1v) is 9.91. The van der Waals surface area contributed by atoms with Crippen molar-refractivity contribution in [2.45, 2.75) is 58.5 Å². The molecular weight excluding hydrogens is 320 g/mol. The predicted molar refractivity (Wildman–Crippen MR) is 108 cm³/mol. The van der Waals surface area contributed by atoms with Crippen molar-refractivity contribution >= 4 is 10.9 Å². The number of H-pyrrole nitrogens is 1. The summed E-state index contributed by atoms with van der Waals surface area (Å²) in [5, 5.41) is 8.84. The summed E-state index contributed by atoms with van der Waals surface area (Å²) in [7, 11) is 2.23. The average Bonchev–Trinajstić information content (AvgIpc) is 3.35. The molecule has 2 aromatic heterocycles. The van der Waals surface area contributed by atoms with E-state index in [0.29, 0.717) is 6.04 Å². The predicted octanol–water partition coefficient (Wildman–Crippen LogP) is 4.77. The lowest BCUT2D eigenvalue weighted by Gasteiger charge is -2.16. The lowest BCUT2D eigenvalue weighted by atomic mass is 10.1. The number of rotatable bonds is 6. The Labute approximate surface area is 156 Å². The van der Waals surface area contributed by atoms with Gasteiger partial charge in [0.2, 0.25) is 0 Å².